The predicted octanol–water partition coefficient (Wildman–Crippen LogP) is 2.32. The SMILES string of the molecule is Cc1ccc(CC(=O)Nc2cccc(CN3CCN(C)CC3)c2)cn1. The van der Waals surface area contributed by atoms with Gasteiger partial charge in [-0.1, -0.05) is 18.2 Å². The number of rotatable bonds is 5. The quantitative estimate of drug-likeness (QED) is 0.909. The third-order valence-electron chi connectivity index (χ3n) is 4.55. The number of amides is 1. The second-order valence-electron chi connectivity index (χ2n) is 6.81. The van der Waals surface area contributed by atoms with Crippen LogP contribution in [0.25, 0.3) is 0 Å². The molecule has 1 saturated heterocycles. The number of hydrogen-bond donors (Lipinski definition) is 1. The van der Waals surface area contributed by atoms with Gasteiger partial charge in [-0.05, 0) is 43.3 Å². The van der Waals surface area contributed by atoms with Crippen LogP contribution in [0.1, 0.15) is 16.8 Å². The highest BCUT2D eigenvalue weighted by Crippen LogP contribution is 2.14. The number of nitrogens with one attached hydrogen (secondary N) is 1. The Balaban J connectivity index is 1.55. The number of piperazine rings is 1. The fourth-order valence-electron chi connectivity index (χ4n) is 3.01. The summed E-state index contributed by atoms with van der Waals surface area (Å²) in [5.41, 5.74) is 3.98. The summed E-state index contributed by atoms with van der Waals surface area (Å²) < 4.78 is 0. The molecule has 1 N–H and O–H groups in total. The van der Waals surface area contributed by atoms with Crippen LogP contribution in [0.4, 0.5) is 5.69 Å². The van der Waals surface area contributed by atoms with E-state index in [4.69, 9.17) is 0 Å². The molecule has 1 aliphatic heterocycles. The fourth-order valence-corrected chi connectivity index (χ4v) is 3.01. The van der Waals surface area contributed by atoms with E-state index in [2.05, 4.69) is 39.3 Å². The molecule has 2 heterocycles. The summed E-state index contributed by atoms with van der Waals surface area (Å²) in [7, 11) is 2.16. The molecule has 5 nitrogen and oxygen atoms in total. The Morgan fingerprint density at radius 1 is 1.12 bits per heavy atom. The maximum Gasteiger partial charge on any atom is 0.228 e. The average Bonchev–Trinajstić information content (AvgIpc) is 2.59. The van der Waals surface area contributed by atoms with E-state index in [1.165, 1.54) is 5.56 Å². The number of carbonyl (C=O) groups is 1. The highest BCUT2D eigenvalue weighted by atomic mass is 16.1. The van der Waals surface area contributed by atoms with E-state index in [0.717, 1.165) is 49.7 Å². The van der Waals surface area contributed by atoms with E-state index >= 15 is 0 Å². The zero-order chi connectivity index (χ0) is 17.6. The van der Waals surface area contributed by atoms with Gasteiger partial charge in [-0.2, -0.15) is 0 Å². The van der Waals surface area contributed by atoms with Gasteiger partial charge in [-0.15, -0.1) is 0 Å². The lowest BCUT2D eigenvalue weighted by Crippen LogP contribution is -2.43. The third kappa shape index (κ3) is 5.37. The van der Waals surface area contributed by atoms with E-state index in [1.807, 2.05) is 31.2 Å². The van der Waals surface area contributed by atoms with Gasteiger partial charge < -0.3 is 10.2 Å². The smallest absolute Gasteiger partial charge is 0.228 e. The van der Waals surface area contributed by atoms with Crippen LogP contribution in [0.3, 0.4) is 0 Å². The number of hydrogen-bond acceptors (Lipinski definition) is 4. The maximum absolute atomic E-state index is 12.2. The predicted molar refractivity (Wildman–Crippen MR) is 101 cm³/mol. The molecule has 1 fully saturated rings. The van der Waals surface area contributed by atoms with Crippen molar-refractivity contribution in [3.63, 3.8) is 0 Å². The number of pyridine rings is 1. The van der Waals surface area contributed by atoms with Crippen LogP contribution in [-0.4, -0.2) is 53.9 Å². The highest BCUT2D eigenvalue weighted by Gasteiger charge is 2.14. The summed E-state index contributed by atoms with van der Waals surface area (Å²) in [5, 5.41) is 3.00. The van der Waals surface area contributed by atoms with Gasteiger partial charge in [0.1, 0.15) is 0 Å². The standard InChI is InChI=1S/C20H26N4O/c1-16-6-7-17(14-21-16)13-20(25)22-19-5-3-4-18(12-19)15-24-10-8-23(2)9-11-24/h3-7,12,14H,8-11,13,15H2,1-2H3,(H,22,25). The molecule has 0 aliphatic carbocycles. The lowest BCUT2D eigenvalue weighted by molar-refractivity contribution is -0.115. The molecular formula is C20H26N4O. The van der Waals surface area contributed by atoms with Gasteiger partial charge in [-0.3, -0.25) is 14.7 Å². The van der Waals surface area contributed by atoms with Crippen LogP contribution in [0, 0.1) is 6.92 Å². The van der Waals surface area contributed by atoms with Gasteiger partial charge in [0.15, 0.2) is 0 Å². The van der Waals surface area contributed by atoms with Crippen LogP contribution < -0.4 is 5.32 Å². The molecule has 0 radical (unpaired) electrons. The van der Waals surface area contributed by atoms with Crippen molar-refractivity contribution in [2.45, 2.75) is 19.9 Å². The molecule has 0 unspecified atom stereocenters. The van der Waals surface area contributed by atoms with Crippen LogP contribution in [0.15, 0.2) is 42.6 Å². The summed E-state index contributed by atoms with van der Waals surface area (Å²) >= 11 is 0. The Bertz CT molecular complexity index is 706. The third-order valence-corrected chi connectivity index (χ3v) is 4.55. The summed E-state index contributed by atoms with van der Waals surface area (Å²) in [6.45, 7) is 7.28. The molecule has 2 aromatic rings. The van der Waals surface area contributed by atoms with Gasteiger partial charge >= 0.3 is 0 Å². The van der Waals surface area contributed by atoms with Crippen molar-refractivity contribution < 1.29 is 4.79 Å². The summed E-state index contributed by atoms with van der Waals surface area (Å²) in [5.74, 6) is -0.0117. The van der Waals surface area contributed by atoms with E-state index in [0.29, 0.717) is 6.42 Å². The molecule has 1 aliphatic rings. The van der Waals surface area contributed by atoms with Crippen molar-refractivity contribution in [1.82, 2.24) is 14.8 Å². The molecule has 25 heavy (non-hydrogen) atoms. The summed E-state index contributed by atoms with van der Waals surface area (Å²) in [4.78, 5) is 21.3. The highest BCUT2D eigenvalue weighted by molar-refractivity contribution is 5.92. The molecule has 5 heteroatoms. The van der Waals surface area contributed by atoms with Gasteiger partial charge in [-0.25, -0.2) is 0 Å². The molecular weight excluding hydrogens is 312 g/mol. The van der Waals surface area contributed by atoms with Gasteiger partial charge in [0.05, 0.1) is 6.42 Å². The minimum Gasteiger partial charge on any atom is -0.326 e. The molecule has 0 saturated carbocycles. The first kappa shape index (κ1) is 17.6. The van der Waals surface area contributed by atoms with Crippen LogP contribution in [0.2, 0.25) is 0 Å². The number of benzene rings is 1. The number of likely N-dealkylation sites (N-methyl/N-ethyl adjacent to an activating group) is 1. The molecule has 3 rings (SSSR count). The van der Waals surface area contributed by atoms with Crippen molar-refractivity contribution in [2.75, 3.05) is 38.5 Å². The van der Waals surface area contributed by atoms with E-state index in [1.54, 1.807) is 6.20 Å². The first-order chi connectivity index (χ1) is 12.1. The van der Waals surface area contributed by atoms with Crippen molar-refractivity contribution in [2.24, 2.45) is 0 Å². The van der Waals surface area contributed by atoms with Crippen LogP contribution in [-0.2, 0) is 17.8 Å². The van der Waals surface area contributed by atoms with Gasteiger partial charge in [0, 0.05) is 50.3 Å². The molecule has 1 aromatic heterocycles. The Morgan fingerprint density at radius 2 is 1.92 bits per heavy atom. The molecule has 1 amide bonds. The first-order valence-electron chi connectivity index (χ1n) is 8.80. The van der Waals surface area contributed by atoms with E-state index in [-0.39, 0.29) is 5.91 Å². The van der Waals surface area contributed by atoms with Crippen LogP contribution >= 0.6 is 0 Å². The van der Waals surface area contributed by atoms with Crippen molar-refractivity contribution >= 4 is 11.6 Å². The van der Waals surface area contributed by atoms with Crippen molar-refractivity contribution in [1.29, 1.82) is 0 Å². The minimum absolute atomic E-state index is 0.0117. The Labute approximate surface area is 149 Å². The maximum atomic E-state index is 12.2. The normalized spacial score (nSPS) is 15.9. The number of aryl methyl sites for hydroxylation is 1. The second-order valence-corrected chi connectivity index (χ2v) is 6.81. The Morgan fingerprint density at radius 3 is 2.64 bits per heavy atom. The minimum atomic E-state index is -0.0117. The zero-order valence-electron chi connectivity index (χ0n) is 15.0. The topological polar surface area (TPSA) is 48.5 Å². The van der Waals surface area contributed by atoms with Crippen molar-refractivity contribution in [3.05, 3.63) is 59.4 Å². The average molecular weight is 338 g/mol. The largest absolute Gasteiger partial charge is 0.326 e. The Kier molecular flexibility index (Phi) is 5.79. The number of nitrogens with zero attached hydrogens (tertiary/aromatic N) is 3. The molecule has 1 aromatic carbocycles. The van der Waals surface area contributed by atoms with Crippen LogP contribution in [0.5, 0.6) is 0 Å². The molecule has 0 atom stereocenters. The summed E-state index contributed by atoms with van der Waals surface area (Å²) in [6, 6.07) is 12.0. The van der Waals surface area contributed by atoms with Gasteiger partial charge in [0.2, 0.25) is 5.91 Å². The number of aromatic nitrogens is 1. The first-order valence-corrected chi connectivity index (χ1v) is 8.80. The Hall–Kier alpha value is -2.24. The van der Waals surface area contributed by atoms with E-state index in [9.17, 15) is 4.79 Å². The van der Waals surface area contributed by atoms with Gasteiger partial charge in [0.25, 0.3) is 0 Å². The number of anilines is 1. The molecule has 132 valence electrons. The lowest BCUT2D eigenvalue weighted by Gasteiger charge is -2.32. The fraction of sp³-hybridized carbons (Fsp3) is 0.400. The summed E-state index contributed by atoms with van der Waals surface area (Å²) in [6.07, 6.45) is 2.11. The second kappa shape index (κ2) is 8.23. The van der Waals surface area contributed by atoms with Crippen molar-refractivity contribution in [3.8, 4) is 0 Å². The lowest BCUT2D eigenvalue weighted by atomic mass is 10.1. The monoisotopic (exact) mass is 338 g/mol. The number of carbonyl (C=O) groups excluding carboxylic acids is 1. The van der Waals surface area contributed by atoms with E-state index < -0.39 is 0 Å². The molecule has 0 bridgehead atoms. The zero-order valence-corrected chi connectivity index (χ0v) is 15.0. The molecule has 0 spiro atoms.